The van der Waals surface area contributed by atoms with Gasteiger partial charge in [-0.25, -0.2) is 15.6 Å². The number of carboxylic acid groups (broad SMARTS) is 1. The van der Waals surface area contributed by atoms with Crippen LogP contribution in [0.5, 0.6) is 0 Å². The second kappa shape index (κ2) is 7.51. The van der Waals surface area contributed by atoms with Gasteiger partial charge in [-0.1, -0.05) is 6.92 Å². The van der Waals surface area contributed by atoms with Gasteiger partial charge in [0.15, 0.2) is 0 Å². The van der Waals surface area contributed by atoms with Crippen LogP contribution in [0, 0.1) is 10.7 Å². The summed E-state index contributed by atoms with van der Waals surface area (Å²) >= 11 is 5.70. The number of halogens is 3. The van der Waals surface area contributed by atoms with Gasteiger partial charge in [0.1, 0.15) is 0 Å². The molecule has 9 heteroatoms. The van der Waals surface area contributed by atoms with Gasteiger partial charge in [0.25, 0.3) is 0 Å². The Labute approximate surface area is 156 Å². The summed E-state index contributed by atoms with van der Waals surface area (Å²) in [7, 11) is 0. The number of anilines is 1. The third kappa shape index (κ3) is 3.36. The lowest BCUT2D eigenvalue weighted by molar-refractivity contribution is -0.118. The highest BCUT2D eigenvalue weighted by molar-refractivity contribution is 14.1. The summed E-state index contributed by atoms with van der Waals surface area (Å²) in [4.78, 5) is 23.2. The van der Waals surface area contributed by atoms with Gasteiger partial charge in [-0.05, 0) is 67.8 Å². The molecule has 0 atom stereocenters. The van der Waals surface area contributed by atoms with Gasteiger partial charge in [0.2, 0.25) is 5.91 Å². The SMILES string of the molecule is CCC(=O)N(N)c1c(I)c(CO)c(I)c(C(=O)O)c1I. The summed E-state index contributed by atoms with van der Waals surface area (Å²) < 4.78 is 1.41. The van der Waals surface area contributed by atoms with Gasteiger partial charge in [-0.2, -0.15) is 0 Å². The van der Waals surface area contributed by atoms with E-state index in [2.05, 4.69) is 0 Å². The normalized spacial score (nSPS) is 10.5. The molecular weight excluding hydrogens is 605 g/mol. The summed E-state index contributed by atoms with van der Waals surface area (Å²) in [5, 5.41) is 19.7. The first-order valence-electron chi connectivity index (χ1n) is 5.38. The summed E-state index contributed by atoms with van der Waals surface area (Å²) in [6.07, 6.45) is 0.200. The molecule has 1 aromatic carbocycles. The predicted molar refractivity (Wildman–Crippen MR) is 99.4 cm³/mol. The number of amides is 1. The Kier molecular flexibility index (Phi) is 6.88. The number of hydrogen-bond acceptors (Lipinski definition) is 4. The van der Waals surface area contributed by atoms with Crippen LogP contribution in [0.25, 0.3) is 0 Å². The Morgan fingerprint density at radius 2 is 1.75 bits per heavy atom. The fourth-order valence-electron chi connectivity index (χ4n) is 1.53. The lowest BCUT2D eigenvalue weighted by Crippen LogP contribution is -2.39. The van der Waals surface area contributed by atoms with Crippen LogP contribution in [-0.4, -0.2) is 22.1 Å². The third-order valence-electron chi connectivity index (χ3n) is 2.57. The molecule has 0 spiro atoms. The van der Waals surface area contributed by atoms with Crippen molar-refractivity contribution in [1.29, 1.82) is 0 Å². The maximum absolute atomic E-state index is 11.8. The minimum absolute atomic E-state index is 0.0463. The number of aromatic carboxylic acids is 1. The first kappa shape index (κ1) is 18.3. The first-order valence-corrected chi connectivity index (χ1v) is 8.62. The number of hydrogen-bond donors (Lipinski definition) is 3. The number of carbonyl (C=O) groups excluding carboxylic acids is 1. The average Bonchev–Trinajstić information content (AvgIpc) is 2.37. The van der Waals surface area contributed by atoms with E-state index in [4.69, 9.17) is 5.84 Å². The van der Waals surface area contributed by atoms with Crippen molar-refractivity contribution in [2.75, 3.05) is 5.01 Å². The highest BCUT2D eigenvalue weighted by atomic mass is 127. The van der Waals surface area contributed by atoms with Crippen molar-refractivity contribution >= 4 is 85.3 Å². The fraction of sp³-hybridized carbons (Fsp3) is 0.273. The molecule has 1 rings (SSSR count). The molecule has 1 aromatic rings. The third-order valence-corrected chi connectivity index (χ3v) is 5.97. The molecule has 0 aliphatic rings. The first-order chi connectivity index (χ1) is 9.27. The summed E-state index contributed by atoms with van der Waals surface area (Å²) in [6.45, 7) is 1.34. The number of aliphatic hydroxyl groups is 1. The van der Waals surface area contributed by atoms with Gasteiger partial charge in [0, 0.05) is 19.1 Å². The van der Waals surface area contributed by atoms with E-state index < -0.39 is 5.97 Å². The van der Waals surface area contributed by atoms with E-state index in [-0.39, 0.29) is 24.5 Å². The van der Waals surface area contributed by atoms with Crippen LogP contribution in [0.2, 0.25) is 0 Å². The van der Waals surface area contributed by atoms with Gasteiger partial charge < -0.3 is 10.2 Å². The van der Waals surface area contributed by atoms with Crippen molar-refractivity contribution in [3.05, 3.63) is 21.8 Å². The van der Waals surface area contributed by atoms with Crippen LogP contribution in [0.3, 0.4) is 0 Å². The van der Waals surface area contributed by atoms with E-state index in [9.17, 15) is 19.8 Å². The molecule has 0 saturated carbocycles. The Morgan fingerprint density at radius 3 is 2.15 bits per heavy atom. The summed E-state index contributed by atoms with van der Waals surface area (Å²) in [6, 6.07) is 0. The number of nitrogens with zero attached hydrogens (tertiary/aromatic N) is 1. The number of carbonyl (C=O) groups is 2. The monoisotopic (exact) mass is 616 g/mol. The molecule has 0 aliphatic carbocycles. The van der Waals surface area contributed by atoms with Crippen molar-refractivity contribution in [2.24, 2.45) is 5.84 Å². The summed E-state index contributed by atoms with van der Waals surface area (Å²) in [5.41, 5.74) is 0.823. The van der Waals surface area contributed by atoms with E-state index in [0.29, 0.717) is 22.0 Å². The van der Waals surface area contributed by atoms with Gasteiger partial charge in [-0.15, -0.1) is 0 Å². The van der Waals surface area contributed by atoms with Gasteiger partial charge >= 0.3 is 5.97 Å². The molecule has 0 radical (unpaired) electrons. The van der Waals surface area contributed by atoms with E-state index in [1.807, 2.05) is 67.8 Å². The maximum Gasteiger partial charge on any atom is 0.337 e. The van der Waals surface area contributed by atoms with Crippen LogP contribution in [0.4, 0.5) is 5.69 Å². The zero-order valence-electron chi connectivity index (χ0n) is 10.3. The topological polar surface area (TPSA) is 104 Å². The zero-order chi connectivity index (χ0) is 15.6. The van der Waals surface area contributed by atoms with Crippen LogP contribution in [-0.2, 0) is 11.4 Å². The molecule has 6 nitrogen and oxygen atoms in total. The minimum atomic E-state index is -1.12. The number of aliphatic hydroxyl groups excluding tert-OH is 1. The summed E-state index contributed by atoms with van der Waals surface area (Å²) in [5.74, 6) is 4.34. The fourth-order valence-corrected chi connectivity index (χ4v) is 6.02. The molecule has 1 amide bonds. The molecular formula is C11H11I3N2O4. The van der Waals surface area contributed by atoms with Crippen molar-refractivity contribution in [3.63, 3.8) is 0 Å². The number of rotatable bonds is 4. The van der Waals surface area contributed by atoms with E-state index in [1.165, 1.54) is 0 Å². The quantitative estimate of drug-likeness (QED) is 0.209. The molecule has 0 heterocycles. The minimum Gasteiger partial charge on any atom is -0.478 e. The number of nitrogens with two attached hydrogens (primary N) is 1. The smallest absolute Gasteiger partial charge is 0.337 e. The Bertz CT molecular complexity index is 578. The molecule has 110 valence electrons. The van der Waals surface area contributed by atoms with Crippen LogP contribution in [0.15, 0.2) is 0 Å². The lowest BCUT2D eigenvalue weighted by Gasteiger charge is -2.23. The largest absolute Gasteiger partial charge is 0.478 e. The number of hydrazine groups is 1. The molecule has 0 saturated heterocycles. The van der Waals surface area contributed by atoms with Gasteiger partial charge in [-0.3, -0.25) is 4.79 Å². The van der Waals surface area contributed by atoms with E-state index >= 15 is 0 Å². The standard InChI is InChI=1S/C11H11I3N2O4/c1-2-5(18)16(15)10-8(13)4(3-17)7(12)6(9(10)14)11(19)20/h17H,2-3,15H2,1H3,(H,19,20). The molecule has 0 bridgehead atoms. The predicted octanol–water partition coefficient (Wildman–Crippen LogP) is 2.31. The molecule has 0 fully saturated rings. The van der Waals surface area contributed by atoms with Crippen LogP contribution >= 0.6 is 67.8 Å². The van der Waals surface area contributed by atoms with E-state index in [0.717, 1.165) is 5.01 Å². The van der Waals surface area contributed by atoms with E-state index in [1.54, 1.807) is 6.92 Å². The molecule has 0 unspecified atom stereocenters. The van der Waals surface area contributed by atoms with Crippen molar-refractivity contribution in [1.82, 2.24) is 0 Å². The maximum atomic E-state index is 11.8. The average molecular weight is 616 g/mol. The Morgan fingerprint density at radius 1 is 1.20 bits per heavy atom. The second-order valence-corrected chi connectivity index (χ2v) is 6.96. The molecule has 0 aliphatic heterocycles. The number of carboxylic acids is 1. The lowest BCUT2D eigenvalue weighted by atomic mass is 10.1. The Hall–Kier alpha value is 0.270. The van der Waals surface area contributed by atoms with Gasteiger partial charge in [0.05, 0.1) is 21.4 Å². The molecule has 0 aromatic heterocycles. The van der Waals surface area contributed by atoms with Crippen molar-refractivity contribution in [3.8, 4) is 0 Å². The van der Waals surface area contributed by atoms with Crippen LogP contribution in [0.1, 0.15) is 29.3 Å². The number of benzene rings is 1. The highest BCUT2D eigenvalue weighted by Gasteiger charge is 2.27. The molecule has 4 N–H and O–H groups in total. The van der Waals surface area contributed by atoms with Crippen molar-refractivity contribution in [2.45, 2.75) is 20.0 Å². The molecule has 20 heavy (non-hydrogen) atoms. The van der Waals surface area contributed by atoms with Crippen LogP contribution < -0.4 is 10.9 Å². The zero-order valence-corrected chi connectivity index (χ0v) is 16.8. The Balaban J connectivity index is 3.72. The highest BCUT2D eigenvalue weighted by Crippen LogP contribution is 2.37. The van der Waals surface area contributed by atoms with Crippen molar-refractivity contribution < 1.29 is 19.8 Å². The second-order valence-electron chi connectivity index (χ2n) is 3.72.